The van der Waals surface area contributed by atoms with Crippen LogP contribution in [0.1, 0.15) is 46.0 Å². The van der Waals surface area contributed by atoms with Gasteiger partial charge in [0.05, 0.1) is 32.0 Å². The van der Waals surface area contributed by atoms with Gasteiger partial charge in [0.25, 0.3) is 0 Å². The van der Waals surface area contributed by atoms with Crippen LogP contribution in [0.25, 0.3) is 0 Å². The molecule has 2 aromatic rings. The lowest BCUT2D eigenvalue weighted by molar-refractivity contribution is -0.0223. The van der Waals surface area contributed by atoms with Crippen LogP contribution in [-0.4, -0.2) is 55.4 Å². The van der Waals surface area contributed by atoms with Crippen molar-refractivity contribution in [1.82, 2.24) is 4.90 Å². The number of benzene rings is 2. The zero-order chi connectivity index (χ0) is 28.7. The third-order valence-electron chi connectivity index (χ3n) is 9.56. The quantitative estimate of drug-likeness (QED) is 0.407. The summed E-state index contributed by atoms with van der Waals surface area (Å²) >= 11 is 6.31. The van der Waals surface area contributed by atoms with E-state index in [-0.39, 0.29) is 0 Å². The lowest BCUT2D eigenvalue weighted by Crippen LogP contribution is -2.79. The Morgan fingerprint density at radius 3 is 1.88 bits per heavy atom. The number of aliphatic imine (C=N–C) groups is 1. The summed E-state index contributed by atoms with van der Waals surface area (Å²) in [6.45, 7) is 6.94. The number of rotatable bonds is 6. The molecule has 0 radical (unpaired) electrons. The van der Waals surface area contributed by atoms with Gasteiger partial charge in [0.2, 0.25) is 0 Å². The molecule has 8 nitrogen and oxygen atoms in total. The second-order valence-corrected chi connectivity index (χ2v) is 11.8. The van der Waals surface area contributed by atoms with Crippen LogP contribution in [0.5, 0.6) is 11.5 Å². The van der Waals surface area contributed by atoms with Gasteiger partial charge in [-0.05, 0) is 75.2 Å². The minimum Gasteiger partial charge on any atom is -0.494 e. The smallest absolute Gasteiger partial charge is 0.140 e. The van der Waals surface area contributed by atoms with E-state index in [9.17, 15) is 10.5 Å². The van der Waals surface area contributed by atoms with E-state index in [0.717, 1.165) is 60.8 Å². The highest BCUT2D eigenvalue weighted by Gasteiger charge is 2.75. The Balaban J connectivity index is 1.45. The molecule has 3 fully saturated rings. The van der Waals surface area contributed by atoms with Crippen molar-refractivity contribution < 1.29 is 9.47 Å². The Bertz CT molecular complexity index is 1420. The Kier molecular flexibility index (Phi) is 7.03. The van der Waals surface area contributed by atoms with Crippen molar-refractivity contribution in [2.75, 3.05) is 49.4 Å². The van der Waals surface area contributed by atoms with E-state index < -0.39 is 16.2 Å². The van der Waals surface area contributed by atoms with E-state index in [4.69, 9.17) is 26.7 Å². The Morgan fingerprint density at radius 2 is 1.34 bits per heavy atom. The molecule has 3 heterocycles. The van der Waals surface area contributed by atoms with Gasteiger partial charge >= 0.3 is 0 Å². The summed E-state index contributed by atoms with van der Waals surface area (Å²) in [6.07, 6.45) is 4.71. The van der Waals surface area contributed by atoms with Crippen LogP contribution < -0.4 is 19.3 Å². The van der Waals surface area contributed by atoms with Crippen LogP contribution >= 0.6 is 12.2 Å². The van der Waals surface area contributed by atoms with E-state index in [0.29, 0.717) is 44.6 Å². The molecular formula is C32H36N6O2S. The largest absolute Gasteiger partial charge is 0.494 e. The molecule has 4 aliphatic rings. The predicted octanol–water partition coefficient (Wildman–Crippen LogP) is 5.75. The minimum absolute atomic E-state index is 0.421. The maximum absolute atomic E-state index is 11.2. The second kappa shape index (κ2) is 10.5. The van der Waals surface area contributed by atoms with E-state index in [1.165, 1.54) is 0 Å². The number of hydrogen-bond donors (Lipinski definition) is 0. The van der Waals surface area contributed by atoms with Crippen molar-refractivity contribution in [1.29, 1.82) is 10.5 Å². The van der Waals surface area contributed by atoms with Gasteiger partial charge in [-0.3, -0.25) is 0 Å². The first-order valence-electron chi connectivity index (χ1n) is 14.6. The topological polar surface area (TPSA) is 88.1 Å². The van der Waals surface area contributed by atoms with Crippen LogP contribution in [0.4, 0.5) is 11.4 Å². The van der Waals surface area contributed by atoms with Crippen molar-refractivity contribution >= 4 is 34.4 Å². The van der Waals surface area contributed by atoms with Crippen LogP contribution in [0, 0.1) is 38.9 Å². The highest BCUT2D eigenvalue weighted by molar-refractivity contribution is 7.80. The van der Waals surface area contributed by atoms with Gasteiger partial charge in [-0.1, -0.05) is 31.5 Å². The number of fused-ring (bicyclic) bond motifs is 2. The SMILES string of the molecule is CCOc1ccc(N2CN=C3N(C2)C(=S)C2(C#N)CN(c4ccc(OCC)cc4)CC3(C#N)C23CCCCC3)cc1. The average Bonchev–Trinajstić information content (AvgIpc) is 3.02. The number of ether oxygens (including phenoxy) is 2. The zero-order valence-electron chi connectivity index (χ0n) is 23.8. The monoisotopic (exact) mass is 568 g/mol. The van der Waals surface area contributed by atoms with E-state index in [1.54, 1.807) is 0 Å². The fourth-order valence-corrected chi connectivity index (χ4v) is 8.16. The number of piperidine rings is 2. The van der Waals surface area contributed by atoms with Crippen molar-refractivity contribution in [3.8, 4) is 23.6 Å². The molecule has 0 amide bonds. The van der Waals surface area contributed by atoms with Gasteiger partial charge in [-0.2, -0.15) is 10.5 Å². The van der Waals surface area contributed by atoms with Gasteiger partial charge in [-0.25, -0.2) is 4.99 Å². The Labute approximate surface area is 247 Å². The van der Waals surface area contributed by atoms with Gasteiger partial charge in [0, 0.05) is 29.9 Å². The van der Waals surface area contributed by atoms with E-state index in [2.05, 4.69) is 21.9 Å². The van der Waals surface area contributed by atoms with E-state index >= 15 is 0 Å². The minimum atomic E-state index is -1.00. The first-order valence-corrected chi connectivity index (χ1v) is 15.0. The molecule has 0 aromatic heterocycles. The third kappa shape index (κ3) is 3.97. The van der Waals surface area contributed by atoms with E-state index in [1.807, 2.05) is 67.3 Å². The van der Waals surface area contributed by atoms with Crippen LogP contribution in [0.3, 0.4) is 0 Å². The van der Waals surface area contributed by atoms with Crippen molar-refractivity contribution in [3.63, 3.8) is 0 Å². The predicted molar refractivity (Wildman–Crippen MR) is 163 cm³/mol. The van der Waals surface area contributed by atoms with Gasteiger partial charge < -0.3 is 24.2 Å². The van der Waals surface area contributed by atoms with Crippen LogP contribution in [0.2, 0.25) is 0 Å². The molecule has 1 saturated carbocycles. The van der Waals surface area contributed by atoms with Gasteiger partial charge in [0.1, 0.15) is 39.8 Å². The summed E-state index contributed by atoms with van der Waals surface area (Å²) in [5.41, 5.74) is -0.585. The number of nitriles is 2. The number of thiocarbonyl (C=S) groups is 1. The molecule has 212 valence electrons. The Morgan fingerprint density at radius 1 is 0.805 bits per heavy atom. The lowest BCUT2D eigenvalue weighted by atomic mass is 9.42. The second-order valence-electron chi connectivity index (χ2n) is 11.4. The molecule has 1 spiro atoms. The zero-order valence-corrected chi connectivity index (χ0v) is 24.6. The summed E-state index contributed by atoms with van der Waals surface area (Å²) in [6, 6.07) is 21.5. The van der Waals surface area contributed by atoms with Crippen LogP contribution in [0.15, 0.2) is 53.5 Å². The fraction of sp³-hybridized carbons (Fsp3) is 0.500. The standard InChI is InChI=1S/C32H36N6O2S/c1-3-39-26-12-8-24(9-13-26)36-20-30(18-33)28-35-22-37(25-10-14-27(15-11-25)40-4-2)23-38(28)29(41)31(19-34,21-36)32(30)16-6-5-7-17-32/h8-15H,3-7,16-17,20-23H2,1-2H3. The molecular weight excluding hydrogens is 532 g/mol. The number of amidine groups is 1. The molecule has 2 bridgehead atoms. The lowest BCUT2D eigenvalue weighted by Gasteiger charge is -2.68. The maximum atomic E-state index is 11.2. The first-order chi connectivity index (χ1) is 20.0. The maximum Gasteiger partial charge on any atom is 0.140 e. The molecule has 3 aliphatic heterocycles. The summed E-state index contributed by atoms with van der Waals surface area (Å²) < 4.78 is 11.3. The van der Waals surface area contributed by atoms with Crippen LogP contribution in [-0.2, 0) is 0 Å². The molecule has 41 heavy (non-hydrogen) atoms. The number of hydrogen-bond acceptors (Lipinski definition) is 8. The summed E-state index contributed by atoms with van der Waals surface area (Å²) in [7, 11) is 0. The van der Waals surface area contributed by atoms with Crippen molar-refractivity contribution in [3.05, 3.63) is 48.5 Å². The summed E-state index contributed by atoms with van der Waals surface area (Å²) in [4.78, 5) is 12.1. The van der Waals surface area contributed by atoms with Gasteiger partial charge in [0.15, 0.2) is 0 Å². The third-order valence-corrected chi connectivity index (χ3v) is 10.1. The molecule has 9 heteroatoms. The highest BCUT2D eigenvalue weighted by Crippen LogP contribution is 2.67. The molecule has 2 unspecified atom stereocenters. The molecule has 0 N–H and O–H groups in total. The average molecular weight is 569 g/mol. The number of nitrogens with zero attached hydrogens (tertiary/aromatic N) is 6. The fourth-order valence-electron chi connectivity index (χ4n) is 7.71. The van der Waals surface area contributed by atoms with Gasteiger partial charge in [-0.15, -0.1) is 0 Å². The normalized spacial score (nSPS) is 26.5. The Hall–Kier alpha value is -3.82. The molecule has 6 rings (SSSR count). The molecule has 1 aliphatic carbocycles. The summed E-state index contributed by atoms with van der Waals surface area (Å²) in [5.74, 6) is 2.35. The molecule has 2 atom stereocenters. The molecule has 2 aromatic carbocycles. The number of anilines is 2. The van der Waals surface area contributed by atoms with Crippen molar-refractivity contribution in [2.45, 2.75) is 46.0 Å². The van der Waals surface area contributed by atoms with Crippen molar-refractivity contribution in [2.24, 2.45) is 21.2 Å². The first kappa shape index (κ1) is 27.4. The highest BCUT2D eigenvalue weighted by atomic mass is 32.1. The molecule has 2 saturated heterocycles. The summed E-state index contributed by atoms with van der Waals surface area (Å²) in [5, 5.41) is 22.3.